The van der Waals surface area contributed by atoms with Crippen LogP contribution in [0, 0.1) is 29.1 Å². The second-order valence-electron chi connectivity index (χ2n) is 26.2. The molecule has 9 N–H and O–H groups in total. The van der Waals surface area contributed by atoms with E-state index < -0.39 is 97.8 Å². The third kappa shape index (κ3) is 39.8. The number of aliphatic hydroxyl groups excluding tert-OH is 9. The summed E-state index contributed by atoms with van der Waals surface area (Å²) in [4.78, 5) is 52.7. The van der Waals surface area contributed by atoms with Crippen LogP contribution in [0.4, 0.5) is 0 Å². The third-order valence-corrected chi connectivity index (χ3v) is 17.8. The van der Waals surface area contributed by atoms with E-state index >= 15 is 0 Å². The number of Topliss-reactive ketones (excluding diaryl/α,β-unsaturated/α-hetero) is 4. The van der Waals surface area contributed by atoms with Crippen molar-refractivity contribution in [3.8, 4) is 0 Å². The minimum absolute atomic E-state index is 0.0115. The van der Waals surface area contributed by atoms with Crippen molar-refractivity contribution in [3.05, 3.63) is 0 Å². The lowest BCUT2D eigenvalue weighted by atomic mass is 9.77. The molecule has 0 radical (unpaired) electrons. The van der Waals surface area contributed by atoms with Crippen LogP contribution in [-0.4, -0.2) is 335 Å². The predicted molar refractivity (Wildman–Crippen MR) is 359 cm³/mol. The van der Waals surface area contributed by atoms with Gasteiger partial charge < -0.3 is 126 Å². The van der Waals surface area contributed by atoms with Gasteiger partial charge in [0.15, 0.2) is 12.6 Å². The highest BCUT2D eigenvalue weighted by atomic mass is 16.7. The highest BCUT2D eigenvalue weighted by molar-refractivity contribution is 5.80. The van der Waals surface area contributed by atoms with Gasteiger partial charge in [-0.3, -0.25) is 19.2 Å². The molecule has 0 bridgehead atoms. The molecule has 30 nitrogen and oxygen atoms in total. The zero-order valence-corrected chi connectivity index (χ0v) is 60.3. The maximum absolute atomic E-state index is 13.7. The van der Waals surface area contributed by atoms with Gasteiger partial charge >= 0.3 is 0 Å². The number of rotatable bonds is 67. The summed E-state index contributed by atoms with van der Waals surface area (Å²) in [7, 11) is 0. The van der Waals surface area contributed by atoms with Crippen molar-refractivity contribution < 1.29 is 146 Å². The molecule has 1 aliphatic carbocycles. The van der Waals surface area contributed by atoms with Gasteiger partial charge in [-0.25, -0.2) is 0 Å². The minimum atomic E-state index is -1.20. The summed E-state index contributed by atoms with van der Waals surface area (Å²) in [5.41, 5.74) is -0.978. The summed E-state index contributed by atoms with van der Waals surface area (Å²) in [5, 5.41) is 89.2. The molecule has 0 spiro atoms. The number of hydrogen-bond donors (Lipinski definition) is 9. The van der Waals surface area contributed by atoms with Gasteiger partial charge in [0, 0.05) is 107 Å². The fraction of sp³-hybridized carbons (Fsp3) is 0.943. The van der Waals surface area contributed by atoms with Crippen LogP contribution in [0.5, 0.6) is 0 Å². The zero-order chi connectivity index (χ0) is 73.0. The van der Waals surface area contributed by atoms with Crippen molar-refractivity contribution in [1.29, 1.82) is 0 Å². The van der Waals surface area contributed by atoms with Gasteiger partial charge in [-0.2, -0.15) is 0 Å². The molecule has 588 valence electrons. The van der Waals surface area contributed by atoms with Gasteiger partial charge in [-0.05, 0) is 32.1 Å². The summed E-state index contributed by atoms with van der Waals surface area (Å²) in [6.07, 6.45) is -2.99. The van der Waals surface area contributed by atoms with Gasteiger partial charge in [0.25, 0.3) is 0 Å². The Morgan fingerprint density at radius 2 is 0.670 bits per heavy atom. The van der Waals surface area contributed by atoms with Crippen LogP contribution >= 0.6 is 0 Å². The van der Waals surface area contributed by atoms with E-state index in [4.69, 9.17) is 80.5 Å². The Morgan fingerprint density at radius 1 is 0.340 bits per heavy atom. The van der Waals surface area contributed by atoms with Crippen LogP contribution in [0.15, 0.2) is 0 Å². The Kier molecular flexibility index (Phi) is 53.1. The molecule has 1 saturated carbocycles. The molecule has 0 aromatic rings. The molecule has 0 amide bonds. The number of aliphatic hydroxyl groups is 9. The number of carbonyl (C=O) groups excluding carboxylic acids is 4. The van der Waals surface area contributed by atoms with E-state index in [9.17, 15) is 65.1 Å². The van der Waals surface area contributed by atoms with Crippen LogP contribution in [0.1, 0.15) is 130 Å². The van der Waals surface area contributed by atoms with Crippen molar-refractivity contribution in [3.63, 3.8) is 0 Å². The SMILES string of the molecule is CCCCCCC(=O)CC(COCCC(=O)CCCOCCOCCOCCOC1CC(CO)C(O)C(O)C1C)(COCCC(=O)CCCOCCOCCOCCOC1OC(CO)C(O)C(O)C1C)COCCC(=O)CCCOCCOCCOCCOC1OC(CO)C(O)C(O)C1C. The molecule has 0 aromatic heterocycles. The normalized spacial score (nSPS) is 26.3. The first kappa shape index (κ1) is 91.8. The summed E-state index contributed by atoms with van der Waals surface area (Å²) in [6, 6.07) is 0. The van der Waals surface area contributed by atoms with Crippen molar-refractivity contribution in [2.24, 2.45) is 29.1 Å². The summed E-state index contributed by atoms with van der Waals surface area (Å²) < 4.78 is 97.2. The molecule has 2 aliphatic heterocycles. The summed E-state index contributed by atoms with van der Waals surface area (Å²) in [5.74, 6) is -1.74. The number of ether oxygens (including phenoxy) is 17. The Balaban J connectivity index is 1.37. The number of unbranched alkanes of at least 4 members (excludes halogenated alkanes) is 3. The Morgan fingerprint density at radius 3 is 1.02 bits per heavy atom. The largest absolute Gasteiger partial charge is 0.396 e. The van der Waals surface area contributed by atoms with E-state index in [0.717, 1.165) is 25.7 Å². The first-order valence-corrected chi connectivity index (χ1v) is 36.5. The number of hydrogen-bond acceptors (Lipinski definition) is 30. The van der Waals surface area contributed by atoms with Crippen LogP contribution in [-0.2, 0) is 99.7 Å². The van der Waals surface area contributed by atoms with E-state index in [1.165, 1.54) is 0 Å². The van der Waals surface area contributed by atoms with E-state index in [1.807, 2.05) is 6.92 Å². The fourth-order valence-corrected chi connectivity index (χ4v) is 11.5. The van der Waals surface area contributed by atoms with Crippen LogP contribution < -0.4 is 0 Å². The van der Waals surface area contributed by atoms with E-state index in [0.29, 0.717) is 144 Å². The minimum Gasteiger partial charge on any atom is -0.396 e. The average molecular weight is 1450 g/mol. The lowest BCUT2D eigenvalue weighted by Crippen LogP contribution is -2.55. The van der Waals surface area contributed by atoms with Crippen molar-refractivity contribution in [2.75, 3.05) is 198 Å². The van der Waals surface area contributed by atoms with Gasteiger partial charge in [-0.15, -0.1) is 0 Å². The van der Waals surface area contributed by atoms with E-state index in [2.05, 4.69) is 6.92 Å². The smallest absolute Gasteiger partial charge is 0.163 e. The molecule has 2 saturated heterocycles. The standard InChI is InChI=1S/C70H128O30/c1-5-6-7-8-12-58(77)44-70(48-93-22-16-55(74)13-9-19-84-25-28-87-31-34-90-37-40-96-59-43-54(45-71)65(81)62(78)51(59)2,49-94-23-17-56(75)14-10-20-85-26-29-88-32-35-91-38-41-97-68-52(3)63(79)66(82)60(46-72)99-68)50-95-24-18-57(76)15-11-21-86-27-30-89-33-36-92-39-42-98-69-53(4)64(80)67(83)61(47-73)100-69/h51-54,59-69,71-73,78-83H,5-50H2,1-4H3. The molecule has 15 unspecified atom stereocenters. The molecular formula is C70H128O30. The summed E-state index contributed by atoms with van der Waals surface area (Å²) in [6.45, 7) is 13.0. The van der Waals surface area contributed by atoms with Crippen LogP contribution in [0.25, 0.3) is 0 Å². The Labute approximate surface area is 592 Å². The van der Waals surface area contributed by atoms with E-state index in [-0.39, 0.29) is 153 Å². The Bertz CT molecular complexity index is 1830. The lowest BCUT2D eigenvalue weighted by molar-refractivity contribution is -0.284. The van der Waals surface area contributed by atoms with Crippen molar-refractivity contribution in [1.82, 2.24) is 0 Å². The topological polar surface area (TPSA) is 407 Å². The first-order chi connectivity index (χ1) is 48.4. The highest BCUT2D eigenvalue weighted by Crippen LogP contribution is 2.33. The molecule has 3 fully saturated rings. The third-order valence-electron chi connectivity index (χ3n) is 17.8. The summed E-state index contributed by atoms with van der Waals surface area (Å²) >= 11 is 0. The van der Waals surface area contributed by atoms with Crippen LogP contribution in [0.3, 0.4) is 0 Å². The number of carbonyl (C=O) groups is 4. The van der Waals surface area contributed by atoms with Gasteiger partial charge in [-0.1, -0.05) is 47.0 Å². The number of ketones is 4. The highest BCUT2D eigenvalue weighted by Gasteiger charge is 2.45. The first-order valence-electron chi connectivity index (χ1n) is 36.5. The fourth-order valence-electron chi connectivity index (χ4n) is 11.5. The van der Waals surface area contributed by atoms with Crippen molar-refractivity contribution in [2.45, 2.75) is 198 Å². The van der Waals surface area contributed by atoms with Crippen LogP contribution in [0.2, 0.25) is 0 Å². The molecule has 3 rings (SSSR count). The average Bonchev–Trinajstić information content (AvgIpc) is 0.840. The molecular weight excluding hydrogens is 1320 g/mol. The quantitative estimate of drug-likeness (QED) is 0.0387. The maximum atomic E-state index is 13.7. The molecule has 0 aromatic carbocycles. The zero-order valence-electron chi connectivity index (χ0n) is 60.3. The second kappa shape index (κ2) is 57.8. The predicted octanol–water partition coefficient (Wildman–Crippen LogP) is 1.26. The molecule has 2 heterocycles. The van der Waals surface area contributed by atoms with Gasteiger partial charge in [0.05, 0.1) is 202 Å². The molecule has 15 atom stereocenters. The second-order valence-corrected chi connectivity index (χ2v) is 26.2. The lowest BCUT2D eigenvalue weighted by Gasteiger charge is -2.40. The van der Waals surface area contributed by atoms with Gasteiger partial charge in [0.1, 0.15) is 47.5 Å². The molecule has 30 heteroatoms. The van der Waals surface area contributed by atoms with Crippen molar-refractivity contribution >= 4 is 23.1 Å². The Hall–Kier alpha value is -2.36. The molecule has 100 heavy (non-hydrogen) atoms. The van der Waals surface area contributed by atoms with Gasteiger partial charge in [0.2, 0.25) is 0 Å². The monoisotopic (exact) mass is 1450 g/mol. The maximum Gasteiger partial charge on any atom is 0.163 e. The van der Waals surface area contributed by atoms with E-state index in [1.54, 1.807) is 13.8 Å². The molecule has 3 aliphatic rings.